The van der Waals surface area contributed by atoms with Crippen molar-refractivity contribution in [3.63, 3.8) is 0 Å². The summed E-state index contributed by atoms with van der Waals surface area (Å²) in [6, 6.07) is 6.36. The Morgan fingerprint density at radius 1 is 1.35 bits per heavy atom. The molecule has 96 valence electrons. The fourth-order valence-electron chi connectivity index (χ4n) is 1.47. The summed E-state index contributed by atoms with van der Waals surface area (Å²) in [6.07, 6.45) is 2.24. The molecule has 0 aliphatic rings. The van der Waals surface area contributed by atoms with Crippen LogP contribution in [0, 0.1) is 0 Å². The minimum atomic E-state index is 0.660. The normalized spacial score (nSPS) is 10.9. The summed E-state index contributed by atoms with van der Waals surface area (Å²) in [5.74, 6) is 0.766. The molecule has 0 radical (unpaired) electrons. The molecule has 0 heterocycles. The van der Waals surface area contributed by atoms with E-state index in [1.807, 2.05) is 18.2 Å². The van der Waals surface area contributed by atoms with E-state index in [9.17, 15) is 0 Å². The molecule has 0 unspecified atom stereocenters. The van der Waals surface area contributed by atoms with E-state index >= 15 is 0 Å². The van der Waals surface area contributed by atoms with Gasteiger partial charge in [0.25, 0.3) is 0 Å². The number of quaternary nitrogens is 1. The lowest BCUT2D eigenvalue weighted by atomic mass is 10.3. The highest BCUT2D eigenvalue weighted by molar-refractivity contribution is 9.10. The molecular weight excluding hydrogens is 302 g/mol. The molecule has 2 N–H and O–H groups in total. The molecule has 2 nitrogen and oxygen atoms in total. The molecule has 17 heavy (non-hydrogen) atoms. The van der Waals surface area contributed by atoms with Crippen molar-refractivity contribution in [2.24, 2.45) is 0 Å². The van der Waals surface area contributed by atoms with Crippen LogP contribution < -0.4 is 10.1 Å². The highest BCUT2D eigenvalue weighted by Gasteiger charge is 2.02. The van der Waals surface area contributed by atoms with Gasteiger partial charge >= 0.3 is 0 Å². The second-order valence-corrected chi connectivity index (χ2v) is 5.72. The summed E-state index contributed by atoms with van der Waals surface area (Å²) in [4.78, 5) is 0. The van der Waals surface area contributed by atoms with Gasteiger partial charge in [-0.3, -0.25) is 0 Å². The van der Waals surface area contributed by atoms with Gasteiger partial charge in [0.1, 0.15) is 5.75 Å². The van der Waals surface area contributed by atoms with Crippen molar-refractivity contribution in [1.29, 1.82) is 0 Å². The number of ether oxygens (including phenoxy) is 1. The quantitative estimate of drug-likeness (QED) is 0.767. The van der Waals surface area contributed by atoms with Crippen LogP contribution in [-0.2, 0) is 0 Å². The zero-order valence-corrected chi connectivity index (χ0v) is 12.7. The molecule has 1 aromatic rings. The van der Waals surface area contributed by atoms with Gasteiger partial charge in [0, 0.05) is 4.47 Å². The smallest absolute Gasteiger partial charge is 0.137 e. The Hall–Kier alpha value is -0.250. The third-order valence-electron chi connectivity index (χ3n) is 2.39. The highest BCUT2D eigenvalue weighted by Crippen LogP contribution is 2.27. The van der Waals surface area contributed by atoms with Gasteiger partial charge in [-0.25, -0.2) is 0 Å². The lowest BCUT2D eigenvalue weighted by molar-refractivity contribution is -0.683. The highest BCUT2D eigenvalue weighted by atomic mass is 79.9. The molecule has 0 aliphatic heterocycles. The standard InChI is InChI=1S/C13H19BrClNO/c1-10(2)16-7-3-4-8-17-13-6-5-11(14)9-12(13)15/h5-6,9-10,16H,3-4,7-8H2,1-2H3/p+1. The third-order valence-corrected chi connectivity index (χ3v) is 3.18. The van der Waals surface area contributed by atoms with E-state index in [0.29, 0.717) is 11.1 Å². The van der Waals surface area contributed by atoms with Gasteiger partial charge in [0.15, 0.2) is 0 Å². The number of hydrogen-bond donors (Lipinski definition) is 1. The number of unbranched alkanes of at least 4 members (excludes halogenated alkanes) is 1. The molecule has 0 aromatic heterocycles. The predicted octanol–water partition coefficient (Wildman–Crippen LogP) is 3.23. The minimum Gasteiger partial charge on any atom is -0.492 e. The van der Waals surface area contributed by atoms with Gasteiger partial charge in [-0.15, -0.1) is 0 Å². The maximum Gasteiger partial charge on any atom is 0.137 e. The molecule has 0 saturated heterocycles. The maximum absolute atomic E-state index is 6.05. The second kappa shape index (κ2) is 7.96. The van der Waals surface area contributed by atoms with Crippen LogP contribution in [0.25, 0.3) is 0 Å². The summed E-state index contributed by atoms with van der Waals surface area (Å²) < 4.78 is 6.61. The molecule has 0 saturated carbocycles. The topological polar surface area (TPSA) is 25.8 Å². The van der Waals surface area contributed by atoms with Crippen LogP contribution >= 0.6 is 27.5 Å². The third kappa shape index (κ3) is 6.29. The summed E-state index contributed by atoms with van der Waals surface area (Å²) >= 11 is 9.42. The van der Waals surface area contributed by atoms with Crippen molar-refractivity contribution in [1.82, 2.24) is 0 Å². The number of nitrogens with two attached hydrogens (primary N) is 1. The van der Waals surface area contributed by atoms with Crippen LogP contribution in [0.1, 0.15) is 26.7 Å². The Labute approximate surface area is 117 Å². The van der Waals surface area contributed by atoms with Crippen molar-refractivity contribution in [2.45, 2.75) is 32.7 Å². The Morgan fingerprint density at radius 2 is 2.12 bits per heavy atom. The van der Waals surface area contributed by atoms with E-state index < -0.39 is 0 Å². The lowest BCUT2D eigenvalue weighted by Gasteiger charge is -2.08. The Kier molecular flexibility index (Phi) is 6.93. The number of halogens is 2. The maximum atomic E-state index is 6.05. The van der Waals surface area contributed by atoms with Crippen molar-refractivity contribution >= 4 is 27.5 Å². The summed E-state index contributed by atoms with van der Waals surface area (Å²) in [5.41, 5.74) is 0. The molecule has 0 aliphatic carbocycles. The van der Waals surface area contributed by atoms with Gasteiger partial charge < -0.3 is 10.1 Å². The average molecular weight is 322 g/mol. The second-order valence-electron chi connectivity index (χ2n) is 4.40. The van der Waals surface area contributed by atoms with Gasteiger partial charge in [0.2, 0.25) is 0 Å². The molecule has 0 amide bonds. The Balaban J connectivity index is 2.18. The lowest BCUT2D eigenvalue weighted by Crippen LogP contribution is -2.88. The SMILES string of the molecule is CC(C)[NH2+]CCCCOc1ccc(Br)cc1Cl. The summed E-state index contributed by atoms with van der Waals surface area (Å²) in [5, 5.41) is 3.00. The Bertz CT molecular complexity index is 344. The number of rotatable bonds is 7. The number of hydrogen-bond acceptors (Lipinski definition) is 1. The molecule has 4 heteroatoms. The zero-order valence-electron chi connectivity index (χ0n) is 10.4. The molecule has 1 rings (SSSR count). The van der Waals surface area contributed by atoms with E-state index in [2.05, 4.69) is 35.1 Å². The molecule has 0 fully saturated rings. The van der Waals surface area contributed by atoms with Gasteiger partial charge in [0.05, 0.1) is 24.2 Å². The first-order valence-corrected chi connectivity index (χ1v) is 7.18. The van der Waals surface area contributed by atoms with E-state index in [1.54, 1.807) is 0 Å². The van der Waals surface area contributed by atoms with E-state index in [-0.39, 0.29) is 0 Å². The van der Waals surface area contributed by atoms with Crippen LogP contribution in [0.15, 0.2) is 22.7 Å². The van der Waals surface area contributed by atoms with Crippen LogP contribution in [-0.4, -0.2) is 19.2 Å². The van der Waals surface area contributed by atoms with Crippen molar-refractivity contribution in [2.75, 3.05) is 13.2 Å². The summed E-state index contributed by atoms with van der Waals surface area (Å²) in [7, 11) is 0. The monoisotopic (exact) mass is 320 g/mol. The largest absolute Gasteiger partial charge is 0.492 e. The fraction of sp³-hybridized carbons (Fsp3) is 0.538. The predicted molar refractivity (Wildman–Crippen MR) is 75.8 cm³/mol. The summed E-state index contributed by atoms with van der Waals surface area (Å²) in [6.45, 7) is 6.30. The van der Waals surface area contributed by atoms with Gasteiger partial charge in [-0.05, 0) is 44.9 Å². The van der Waals surface area contributed by atoms with Gasteiger partial charge in [-0.2, -0.15) is 0 Å². The van der Waals surface area contributed by atoms with Crippen LogP contribution in [0.5, 0.6) is 5.75 Å². The number of benzene rings is 1. The van der Waals surface area contributed by atoms with Crippen molar-refractivity contribution in [3.8, 4) is 5.75 Å². The van der Waals surface area contributed by atoms with E-state index in [0.717, 1.165) is 29.8 Å². The first-order valence-electron chi connectivity index (χ1n) is 6.01. The molecule has 1 aromatic carbocycles. The minimum absolute atomic E-state index is 0.660. The van der Waals surface area contributed by atoms with Crippen molar-refractivity contribution in [3.05, 3.63) is 27.7 Å². The molecule has 0 atom stereocenters. The molecule has 0 bridgehead atoms. The first-order chi connectivity index (χ1) is 8.09. The zero-order chi connectivity index (χ0) is 12.7. The van der Waals surface area contributed by atoms with Crippen molar-refractivity contribution < 1.29 is 10.1 Å². The van der Waals surface area contributed by atoms with E-state index in [1.165, 1.54) is 6.42 Å². The van der Waals surface area contributed by atoms with E-state index in [4.69, 9.17) is 16.3 Å². The molecular formula is C13H20BrClNO+. The van der Waals surface area contributed by atoms with Crippen LogP contribution in [0.2, 0.25) is 5.02 Å². The van der Waals surface area contributed by atoms with Crippen LogP contribution in [0.4, 0.5) is 0 Å². The average Bonchev–Trinajstić information content (AvgIpc) is 2.25. The van der Waals surface area contributed by atoms with Crippen LogP contribution in [0.3, 0.4) is 0 Å². The van der Waals surface area contributed by atoms with Gasteiger partial charge in [-0.1, -0.05) is 27.5 Å². The molecule has 0 spiro atoms. The fourth-order valence-corrected chi connectivity index (χ4v) is 2.20. The Morgan fingerprint density at radius 3 is 2.76 bits per heavy atom. The first kappa shape index (κ1) is 14.8.